The fourth-order valence-electron chi connectivity index (χ4n) is 5.44. The van der Waals surface area contributed by atoms with Gasteiger partial charge in [0.1, 0.15) is 0 Å². The number of piperidine rings is 1. The van der Waals surface area contributed by atoms with Crippen molar-refractivity contribution in [2.45, 2.75) is 70.4 Å². The van der Waals surface area contributed by atoms with Crippen LogP contribution >= 0.6 is 0 Å². The van der Waals surface area contributed by atoms with Crippen LogP contribution in [0.2, 0.25) is 0 Å². The van der Waals surface area contributed by atoms with Gasteiger partial charge < -0.3 is 0 Å². The number of H-pyrrole nitrogens is 1. The zero-order valence-electron chi connectivity index (χ0n) is 17.6. The molecule has 2 aromatic rings. The van der Waals surface area contributed by atoms with Crippen LogP contribution < -0.4 is 5.56 Å². The van der Waals surface area contributed by atoms with Gasteiger partial charge in [0, 0.05) is 56.3 Å². The molecule has 1 saturated heterocycles. The Labute approximate surface area is 177 Å². The second kappa shape index (κ2) is 7.76. The van der Waals surface area contributed by atoms with Crippen LogP contribution in [-0.4, -0.2) is 63.6 Å². The highest BCUT2D eigenvalue weighted by Crippen LogP contribution is 2.29. The quantitative estimate of drug-likeness (QED) is 0.795. The lowest BCUT2D eigenvalue weighted by Gasteiger charge is -2.32. The summed E-state index contributed by atoms with van der Waals surface area (Å²) < 4.78 is 27.8. The van der Waals surface area contributed by atoms with Crippen molar-refractivity contribution in [2.24, 2.45) is 0 Å². The van der Waals surface area contributed by atoms with Crippen LogP contribution in [-0.2, 0) is 23.0 Å². The van der Waals surface area contributed by atoms with Crippen LogP contribution in [0.4, 0.5) is 0 Å². The number of sulfonamides is 1. The Morgan fingerprint density at radius 3 is 2.73 bits per heavy atom. The Balaban J connectivity index is 1.44. The number of nitrogens with zero attached hydrogens (tertiary/aromatic N) is 4. The average Bonchev–Trinajstić information content (AvgIpc) is 3.44. The molecule has 0 spiro atoms. The van der Waals surface area contributed by atoms with Gasteiger partial charge in [-0.3, -0.25) is 14.8 Å². The van der Waals surface area contributed by atoms with Gasteiger partial charge in [-0.1, -0.05) is 12.8 Å². The standard InChI is InChI=1S/C21H31N5O3S/c1-2-30(28,29)25-10-5-6-15(13-25)19-12-20-22-18-9-11-24(16-7-3-4-8-16)14-17(18)21(27)26(20)23-19/h12,15-16,23H,2-11,13-14H2,1H3/t15-/m0/s1. The lowest BCUT2D eigenvalue weighted by molar-refractivity contribution is 0.178. The first kappa shape index (κ1) is 20.2. The summed E-state index contributed by atoms with van der Waals surface area (Å²) in [6, 6.07) is 2.55. The molecule has 1 atom stereocenters. The summed E-state index contributed by atoms with van der Waals surface area (Å²) in [5.74, 6) is 0.186. The summed E-state index contributed by atoms with van der Waals surface area (Å²) in [5.41, 5.74) is 3.30. The fraction of sp³-hybridized carbons (Fsp3) is 0.714. The molecule has 9 heteroatoms. The Morgan fingerprint density at radius 2 is 1.97 bits per heavy atom. The molecule has 2 fully saturated rings. The normalized spacial score (nSPS) is 24.5. The molecule has 4 heterocycles. The molecule has 2 aliphatic heterocycles. The molecule has 0 amide bonds. The van der Waals surface area contributed by atoms with Crippen molar-refractivity contribution >= 4 is 15.7 Å². The Morgan fingerprint density at radius 1 is 1.17 bits per heavy atom. The number of hydrogen-bond acceptors (Lipinski definition) is 5. The molecule has 164 valence electrons. The Kier molecular flexibility index (Phi) is 5.23. The fourth-order valence-corrected chi connectivity index (χ4v) is 6.62. The Bertz CT molecular complexity index is 1100. The average molecular weight is 434 g/mol. The van der Waals surface area contributed by atoms with Crippen LogP contribution in [0.15, 0.2) is 10.9 Å². The lowest BCUT2D eigenvalue weighted by atomic mass is 9.96. The van der Waals surface area contributed by atoms with E-state index in [-0.39, 0.29) is 17.2 Å². The summed E-state index contributed by atoms with van der Waals surface area (Å²) >= 11 is 0. The minimum absolute atomic E-state index is 0.00204. The van der Waals surface area contributed by atoms with Crippen molar-refractivity contribution < 1.29 is 8.42 Å². The lowest BCUT2D eigenvalue weighted by Crippen LogP contribution is -2.41. The molecular weight excluding hydrogens is 402 g/mol. The smallest absolute Gasteiger partial charge is 0.277 e. The number of fused-ring (bicyclic) bond motifs is 2. The second-order valence-corrected chi connectivity index (χ2v) is 11.3. The molecule has 1 aliphatic carbocycles. The van der Waals surface area contributed by atoms with Crippen molar-refractivity contribution in [1.82, 2.24) is 23.8 Å². The van der Waals surface area contributed by atoms with Crippen molar-refractivity contribution in [2.75, 3.05) is 25.4 Å². The molecular formula is C21H31N5O3S. The van der Waals surface area contributed by atoms with Crippen LogP contribution in [0.1, 0.15) is 68.3 Å². The first-order valence-electron chi connectivity index (χ1n) is 11.3. The molecule has 1 N–H and O–H groups in total. The highest BCUT2D eigenvalue weighted by molar-refractivity contribution is 7.89. The topological polar surface area (TPSA) is 90.8 Å². The van der Waals surface area contributed by atoms with Gasteiger partial charge in [-0.25, -0.2) is 22.2 Å². The van der Waals surface area contributed by atoms with Crippen molar-refractivity contribution in [3.8, 4) is 0 Å². The maximum Gasteiger partial charge on any atom is 0.277 e. The minimum atomic E-state index is -3.20. The van der Waals surface area contributed by atoms with Gasteiger partial charge in [0.05, 0.1) is 17.0 Å². The van der Waals surface area contributed by atoms with Crippen LogP contribution in [0.5, 0.6) is 0 Å². The van der Waals surface area contributed by atoms with Crippen LogP contribution in [0.3, 0.4) is 0 Å². The monoisotopic (exact) mass is 433 g/mol. The maximum atomic E-state index is 13.3. The van der Waals surface area contributed by atoms with E-state index in [1.165, 1.54) is 25.7 Å². The van der Waals surface area contributed by atoms with Gasteiger partial charge in [-0.2, -0.15) is 0 Å². The number of hydrogen-bond donors (Lipinski definition) is 1. The SMILES string of the molecule is CCS(=O)(=O)N1CCC[C@H](c2cc3nc4c(c(=O)n3[nH]2)CN(C2CCCC2)CC4)C1. The maximum absolute atomic E-state index is 13.3. The van der Waals surface area contributed by atoms with Gasteiger partial charge >= 0.3 is 0 Å². The molecule has 1 saturated carbocycles. The predicted molar refractivity (Wildman–Crippen MR) is 115 cm³/mol. The van der Waals surface area contributed by atoms with E-state index in [2.05, 4.69) is 10.00 Å². The van der Waals surface area contributed by atoms with Crippen LogP contribution in [0, 0.1) is 0 Å². The first-order chi connectivity index (χ1) is 14.5. The third kappa shape index (κ3) is 3.50. The second-order valence-electron chi connectivity index (χ2n) is 9.00. The molecule has 8 nitrogen and oxygen atoms in total. The van der Waals surface area contributed by atoms with Crippen LogP contribution in [0.25, 0.3) is 5.65 Å². The van der Waals surface area contributed by atoms with Gasteiger partial charge in [-0.05, 0) is 32.6 Å². The highest BCUT2D eigenvalue weighted by atomic mass is 32.2. The van der Waals surface area contributed by atoms with Gasteiger partial charge in [0.25, 0.3) is 5.56 Å². The summed E-state index contributed by atoms with van der Waals surface area (Å²) in [7, 11) is -3.20. The van der Waals surface area contributed by atoms with E-state index in [4.69, 9.17) is 4.98 Å². The number of nitrogens with one attached hydrogen (secondary N) is 1. The van der Waals surface area contributed by atoms with E-state index in [0.29, 0.717) is 31.3 Å². The highest BCUT2D eigenvalue weighted by Gasteiger charge is 2.31. The molecule has 3 aliphatic rings. The molecule has 0 bridgehead atoms. The molecule has 0 radical (unpaired) electrons. The third-order valence-corrected chi connectivity index (χ3v) is 9.08. The zero-order chi connectivity index (χ0) is 20.9. The van der Waals surface area contributed by atoms with E-state index in [9.17, 15) is 13.2 Å². The van der Waals surface area contributed by atoms with E-state index < -0.39 is 10.0 Å². The van der Waals surface area contributed by atoms with Crippen molar-refractivity contribution in [3.63, 3.8) is 0 Å². The molecule has 0 aromatic carbocycles. The van der Waals surface area contributed by atoms with Gasteiger partial charge in [0.2, 0.25) is 10.0 Å². The number of rotatable bonds is 4. The molecule has 5 rings (SSSR count). The first-order valence-corrected chi connectivity index (χ1v) is 12.9. The van der Waals surface area contributed by atoms with Gasteiger partial charge in [-0.15, -0.1) is 0 Å². The molecule has 30 heavy (non-hydrogen) atoms. The summed E-state index contributed by atoms with van der Waals surface area (Å²) in [6.45, 7) is 4.40. The molecule has 2 aromatic heterocycles. The van der Waals surface area contributed by atoms with E-state index in [1.807, 2.05) is 6.07 Å². The minimum Gasteiger partial charge on any atom is -0.295 e. The van der Waals surface area contributed by atoms with Gasteiger partial charge in [0.15, 0.2) is 5.65 Å². The van der Waals surface area contributed by atoms with Crippen molar-refractivity contribution in [3.05, 3.63) is 33.4 Å². The number of aromatic nitrogens is 3. The summed E-state index contributed by atoms with van der Waals surface area (Å²) in [5, 5.41) is 3.26. The van der Waals surface area contributed by atoms with Crippen molar-refractivity contribution in [1.29, 1.82) is 0 Å². The van der Waals surface area contributed by atoms with E-state index in [0.717, 1.165) is 42.8 Å². The predicted octanol–water partition coefficient (Wildman–Crippen LogP) is 1.85. The van der Waals surface area contributed by atoms with E-state index in [1.54, 1.807) is 15.7 Å². The van der Waals surface area contributed by atoms with E-state index >= 15 is 0 Å². The largest absolute Gasteiger partial charge is 0.295 e. The Hall–Kier alpha value is -1.71. The molecule has 0 unspecified atom stereocenters. The summed E-state index contributed by atoms with van der Waals surface area (Å²) in [4.78, 5) is 20.5. The number of aromatic amines is 1. The third-order valence-electron chi connectivity index (χ3n) is 7.23. The summed E-state index contributed by atoms with van der Waals surface area (Å²) in [6.07, 6.45) is 7.60. The zero-order valence-corrected chi connectivity index (χ0v) is 18.5.